The van der Waals surface area contributed by atoms with Crippen LogP contribution in [-0.2, 0) is 4.79 Å². The molecule has 104 valence electrons. The number of nitrogens with zero attached hydrogens (tertiary/aromatic N) is 2. The molecule has 0 aromatic heterocycles. The molecule has 0 saturated heterocycles. The van der Waals surface area contributed by atoms with Crippen LogP contribution in [0.3, 0.4) is 0 Å². The molecule has 0 radical (unpaired) electrons. The Morgan fingerprint density at radius 1 is 1.00 bits per heavy atom. The van der Waals surface area contributed by atoms with E-state index in [2.05, 4.69) is 0 Å². The van der Waals surface area contributed by atoms with Crippen molar-refractivity contribution in [2.75, 3.05) is 4.90 Å². The highest BCUT2D eigenvalue weighted by atomic mass is 16.6. The zero-order valence-corrected chi connectivity index (χ0v) is 10.9. The Bertz CT molecular complexity index is 753. The average Bonchev–Trinajstić information content (AvgIpc) is 2.48. The number of para-hydroxylation sites is 1. The molecule has 1 amide bonds. The van der Waals surface area contributed by atoms with Crippen LogP contribution in [0, 0.1) is 10.1 Å². The maximum atomic E-state index is 12.2. The van der Waals surface area contributed by atoms with Crippen molar-refractivity contribution < 1.29 is 14.5 Å². The van der Waals surface area contributed by atoms with Gasteiger partial charge in [0.15, 0.2) is 5.78 Å². The van der Waals surface area contributed by atoms with Crippen LogP contribution in [0.1, 0.15) is 16.8 Å². The van der Waals surface area contributed by atoms with E-state index in [1.165, 1.54) is 29.2 Å². The van der Waals surface area contributed by atoms with Crippen molar-refractivity contribution in [1.29, 1.82) is 0 Å². The molecule has 6 heteroatoms. The minimum Gasteiger partial charge on any atom is -0.294 e. The predicted octanol–water partition coefficient (Wildman–Crippen LogP) is 2.85. The number of rotatable bonds is 2. The molecule has 0 bridgehead atoms. The molecule has 3 rings (SSSR count). The second-order valence-electron chi connectivity index (χ2n) is 4.62. The number of fused-ring (bicyclic) bond motifs is 1. The van der Waals surface area contributed by atoms with Gasteiger partial charge >= 0.3 is 0 Å². The Labute approximate surface area is 119 Å². The summed E-state index contributed by atoms with van der Waals surface area (Å²) in [6, 6.07) is 12.5. The summed E-state index contributed by atoms with van der Waals surface area (Å²) in [6.45, 7) is 0. The fraction of sp³-hybridized carbons (Fsp3) is 0.0667. The number of benzene rings is 2. The van der Waals surface area contributed by atoms with Crippen LogP contribution in [-0.4, -0.2) is 16.6 Å². The number of amides is 1. The minimum absolute atomic E-state index is 0.0485. The Kier molecular flexibility index (Phi) is 2.98. The van der Waals surface area contributed by atoms with Gasteiger partial charge < -0.3 is 0 Å². The molecule has 2 aromatic rings. The van der Waals surface area contributed by atoms with E-state index >= 15 is 0 Å². The molecule has 0 saturated carbocycles. The smallest absolute Gasteiger partial charge is 0.269 e. The number of hydrogen-bond acceptors (Lipinski definition) is 4. The summed E-state index contributed by atoms with van der Waals surface area (Å²) in [5.74, 6) is -0.554. The molecule has 0 aliphatic carbocycles. The number of nitro groups is 1. The maximum absolute atomic E-state index is 12.2. The number of anilines is 2. The van der Waals surface area contributed by atoms with Gasteiger partial charge in [-0.25, -0.2) is 0 Å². The van der Waals surface area contributed by atoms with E-state index in [4.69, 9.17) is 0 Å². The average molecular weight is 282 g/mol. The largest absolute Gasteiger partial charge is 0.294 e. The van der Waals surface area contributed by atoms with E-state index < -0.39 is 4.92 Å². The third-order valence-electron chi connectivity index (χ3n) is 3.33. The van der Waals surface area contributed by atoms with Gasteiger partial charge in [0, 0.05) is 23.4 Å². The van der Waals surface area contributed by atoms with Crippen molar-refractivity contribution in [3.05, 3.63) is 64.2 Å². The van der Waals surface area contributed by atoms with Crippen molar-refractivity contribution in [1.82, 2.24) is 0 Å². The number of hydrogen-bond donors (Lipinski definition) is 0. The molecule has 1 heterocycles. The third-order valence-corrected chi connectivity index (χ3v) is 3.33. The fourth-order valence-corrected chi connectivity index (χ4v) is 2.36. The van der Waals surface area contributed by atoms with Crippen molar-refractivity contribution >= 4 is 28.8 Å². The van der Waals surface area contributed by atoms with E-state index in [0.717, 1.165) is 0 Å². The first kappa shape index (κ1) is 13.0. The van der Waals surface area contributed by atoms with Crippen LogP contribution < -0.4 is 4.90 Å². The van der Waals surface area contributed by atoms with E-state index in [-0.39, 0.29) is 23.8 Å². The number of carbonyl (C=O) groups excluding carboxylic acids is 2. The number of carbonyl (C=O) groups is 2. The van der Waals surface area contributed by atoms with Gasteiger partial charge in [0.05, 0.1) is 17.0 Å². The molecule has 2 aromatic carbocycles. The molecule has 1 aliphatic heterocycles. The quantitative estimate of drug-likeness (QED) is 0.482. The summed E-state index contributed by atoms with van der Waals surface area (Å²) >= 11 is 0. The van der Waals surface area contributed by atoms with Gasteiger partial charge in [-0.3, -0.25) is 24.6 Å². The summed E-state index contributed by atoms with van der Waals surface area (Å²) in [5.41, 5.74) is 1.45. The van der Waals surface area contributed by atoms with E-state index in [9.17, 15) is 19.7 Å². The third kappa shape index (κ3) is 2.16. The highest BCUT2D eigenvalue weighted by Gasteiger charge is 2.30. The van der Waals surface area contributed by atoms with Gasteiger partial charge in [0.25, 0.3) is 5.69 Å². The van der Waals surface area contributed by atoms with Gasteiger partial charge in [0.1, 0.15) is 0 Å². The van der Waals surface area contributed by atoms with Crippen LogP contribution >= 0.6 is 0 Å². The number of Topliss-reactive ketones (excluding diaryl/α,β-unsaturated/α-hetero) is 1. The highest BCUT2D eigenvalue weighted by molar-refractivity contribution is 6.22. The lowest BCUT2D eigenvalue weighted by Crippen LogP contribution is -2.33. The second-order valence-corrected chi connectivity index (χ2v) is 4.62. The topological polar surface area (TPSA) is 80.5 Å². The van der Waals surface area contributed by atoms with E-state index in [0.29, 0.717) is 16.9 Å². The molecule has 0 atom stereocenters. The fourth-order valence-electron chi connectivity index (χ4n) is 2.36. The normalized spacial score (nSPS) is 14.0. The zero-order valence-electron chi connectivity index (χ0n) is 10.9. The number of ketones is 1. The molecular formula is C15H10N2O4. The molecule has 1 aliphatic rings. The lowest BCUT2D eigenvalue weighted by molar-refractivity contribution is -0.384. The Hall–Kier alpha value is -3.02. The first-order valence-electron chi connectivity index (χ1n) is 6.27. The summed E-state index contributed by atoms with van der Waals surface area (Å²) < 4.78 is 0. The SMILES string of the molecule is O=C1CC(=O)N(c2ccc([N+](=O)[O-])cc2)c2ccccc21. The second kappa shape index (κ2) is 4.82. The molecule has 0 N–H and O–H groups in total. The van der Waals surface area contributed by atoms with Gasteiger partial charge in [-0.1, -0.05) is 12.1 Å². The summed E-state index contributed by atoms with van der Waals surface area (Å²) in [7, 11) is 0. The Morgan fingerprint density at radius 3 is 2.33 bits per heavy atom. The lowest BCUT2D eigenvalue weighted by Gasteiger charge is -2.28. The van der Waals surface area contributed by atoms with Crippen LogP contribution in [0.4, 0.5) is 17.1 Å². The molecule has 6 nitrogen and oxygen atoms in total. The first-order chi connectivity index (χ1) is 10.1. The van der Waals surface area contributed by atoms with Gasteiger partial charge in [-0.15, -0.1) is 0 Å². The van der Waals surface area contributed by atoms with Crippen molar-refractivity contribution in [2.24, 2.45) is 0 Å². The number of nitro benzene ring substituents is 1. The predicted molar refractivity (Wildman–Crippen MR) is 75.6 cm³/mol. The Balaban J connectivity index is 2.09. The van der Waals surface area contributed by atoms with Gasteiger partial charge in [-0.2, -0.15) is 0 Å². The van der Waals surface area contributed by atoms with E-state index in [1.54, 1.807) is 24.3 Å². The zero-order chi connectivity index (χ0) is 15.0. The molecule has 0 spiro atoms. The van der Waals surface area contributed by atoms with Gasteiger partial charge in [-0.05, 0) is 24.3 Å². The maximum Gasteiger partial charge on any atom is 0.269 e. The lowest BCUT2D eigenvalue weighted by atomic mass is 9.99. The van der Waals surface area contributed by atoms with E-state index in [1.807, 2.05) is 0 Å². The monoisotopic (exact) mass is 282 g/mol. The standard InChI is InChI=1S/C15H10N2O4/c18-14-9-15(19)16(13-4-2-1-3-12(13)14)10-5-7-11(8-6-10)17(20)21/h1-8H,9H2. The summed E-state index contributed by atoms with van der Waals surface area (Å²) in [6.07, 6.45) is -0.200. The van der Waals surface area contributed by atoms with Crippen LogP contribution in [0.15, 0.2) is 48.5 Å². The minimum atomic E-state index is -0.501. The van der Waals surface area contributed by atoms with Crippen molar-refractivity contribution in [3.8, 4) is 0 Å². The molecule has 0 fully saturated rings. The first-order valence-corrected chi connectivity index (χ1v) is 6.27. The van der Waals surface area contributed by atoms with Gasteiger partial charge in [0.2, 0.25) is 5.91 Å². The molecular weight excluding hydrogens is 272 g/mol. The van der Waals surface area contributed by atoms with Crippen LogP contribution in [0.5, 0.6) is 0 Å². The Morgan fingerprint density at radius 2 is 1.67 bits per heavy atom. The van der Waals surface area contributed by atoms with Crippen LogP contribution in [0.2, 0.25) is 0 Å². The van der Waals surface area contributed by atoms with Crippen LogP contribution in [0.25, 0.3) is 0 Å². The summed E-state index contributed by atoms with van der Waals surface area (Å²) in [4.78, 5) is 35.6. The van der Waals surface area contributed by atoms with Crippen molar-refractivity contribution in [2.45, 2.75) is 6.42 Å². The van der Waals surface area contributed by atoms with Crippen molar-refractivity contribution in [3.63, 3.8) is 0 Å². The highest BCUT2D eigenvalue weighted by Crippen LogP contribution is 2.34. The summed E-state index contributed by atoms with van der Waals surface area (Å²) in [5, 5.41) is 10.7. The number of non-ortho nitro benzene ring substituents is 1. The molecule has 21 heavy (non-hydrogen) atoms. The molecule has 0 unspecified atom stereocenters.